The van der Waals surface area contributed by atoms with Gasteiger partial charge in [-0.3, -0.25) is 9.48 Å². The highest BCUT2D eigenvalue weighted by molar-refractivity contribution is 5.95. The van der Waals surface area contributed by atoms with Crippen molar-refractivity contribution in [3.63, 3.8) is 0 Å². The maximum Gasteiger partial charge on any atom is 0.272 e. The third-order valence-electron chi connectivity index (χ3n) is 4.51. The molecule has 0 aliphatic heterocycles. The summed E-state index contributed by atoms with van der Waals surface area (Å²) in [4.78, 5) is 21.5. The lowest BCUT2D eigenvalue weighted by Crippen LogP contribution is -2.24. The third kappa shape index (κ3) is 2.80. The summed E-state index contributed by atoms with van der Waals surface area (Å²) in [6, 6.07) is 9.86. The lowest BCUT2D eigenvalue weighted by atomic mass is 9.93. The first-order valence-electron chi connectivity index (χ1n) is 8.34. The van der Waals surface area contributed by atoms with E-state index in [1.807, 2.05) is 50.5 Å². The average molecular weight is 333 g/mol. The van der Waals surface area contributed by atoms with Crippen LogP contribution in [0.5, 0.6) is 0 Å². The zero-order valence-corrected chi connectivity index (χ0v) is 14.3. The van der Waals surface area contributed by atoms with Gasteiger partial charge in [0.15, 0.2) is 5.69 Å². The summed E-state index contributed by atoms with van der Waals surface area (Å²) in [6.07, 6.45) is 3.48. The van der Waals surface area contributed by atoms with Crippen LogP contribution in [0.2, 0.25) is 0 Å². The van der Waals surface area contributed by atoms with E-state index in [0.717, 1.165) is 46.7 Å². The number of nitrogens with zero attached hydrogens (tertiary/aromatic N) is 4. The van der Waals surface area contributed by atoms with Crippen molar-refractivity contribution in [3.8, 4) is 11.4 Å². The van der Waals surface area contributed by atoms with Crippen molar-refractivity contribution >= 4 is 5.91 Å². The average Bonchev–Trinajstić information content (AvgIpc) is 2.98. The minimum atomic E-state index is -0.144. The van der Waals surface area contributed by atoms with Crippen molar-refractivity contribution in [3.05, 3.63) is 64.7 Å². The van der Waals surface area contributed by atoms with Gasteiger partial charge in [-0.2, -0.15) is 5.10 Å². The van der Waals surface area contributed by atoms with Crippen molar-refractivity contribution in [2.45, 2.75) is 26.3 Å². The molecule has 6 nitrogen and oxygen atoms in total. The molecule has 0 fully saturated rings. The molecule has 0 radical (unpaired) electrons. The van der Waals surface area contributed by atoms with Gasteiger partial charge >= 0.3 is 0 Å². The molecule has 0 bridgehead atoms. The van der Waals surface area contributed by atoms with Gasteiger partial charge in [0.05, 0.1) is 11.4 Å². The number of benzene rings is 1. The Hall–Kier alpha value is -3.02. The second-order valence-electron chi connectivity index (χ2n) is 6.26. The number of rotatable bonds is 3. The highest BCUT2D eigenvalue weighted by Gasteiger charge is 2.28. The number of fused-ring (bicyclic) bond motifs is 3. The molecule has 0 saturated heterocycles. The quantitative estimate of drug-likeness (QED) is 0.798. The van der Waals surface area contributed by atoms with Gasteiger partial charge in [-0.25, -0.2) is 9.97 Å². The fourth-order valence-electron chi connectivity index (χ4n) is 3.29. The van der Waals surface area contributed by atoms with E-state index >= 15 is 0 Å². The van der Waals surface area contributed by atoms with Crippen molar-refractivity contribution < 1.29 is 4.79 Å². The van der Waals surface area contributed by atoms with Crippen LogP contribution in [0.1, 0.15) is 33.0 Å². The predicted octanol–water partition coefficient (Wildman–Crippen LogP) is 2.21. The first kappa shape index (κ1) is 15.5. The monoisotopic (exact) mass is 333 g/mol. The summed E-state index contributed by atoms with van der Waals surface area (Å²) in [5.41, 5.74) is 5.46. The normalized spacial score (nSPS) is 12.4. The Morgan fingerprint density at radius 1 is 1.24 bits per heavy atom. The molecule has 1 aliphatic rings. The van der Waals surface area contributed by atoms with E-state index in [1.54, 1.807) is 4.68 Å². The minimum Gasteiger partial charge on any atom is -0.347 e. The van der Waals surface area contributed by atoms with Crippen LogP contribution in [0, 0.1) is 6.92 Å². The van der Waals surface area contributed by atoms with Crippen molar-refractivity contribution in [2.75, 3.05) is 0 Å². The Balaban J connectivity index is 1.65. The molecule has 0 unspecified atom stereocenters. The fourth-order valence-corrected chi connectivity index (χ4v) is 3.29. The number of hydrogen-bond donors (Lipinski definition) is 1. The van der Waals surface area contributed by atoms with Crippen LogP contribution in [0.15, 0.2) is 36.5 Å². The van der Waals surface area contributed by atoms with Gasteiger partial charge in [-0.15, -0.1) is 0 Å². The highest BCUT2D eigenvalue weighted by atomic mass is 16.1. The van der Waals surface area contributed by atoms with Crippen LogP contribution in [0.25, 0.3) is 11.4 Å². The number of aromatic nitrogens is 4. The smallest absolute Gasteiger partial charge is 0.272 e. The molecule has 25 heavy (non-hydrogen) atoms. The molecule has 126 valence electrons. The minimum absolute atomic E-state index is 0.144. The van der Waals surface area contributed by atoms with Gasteiger partial charge in [-0.05, 0) is 30.9 Å². The topological polar surface area (TPSA) is 72.7 Å². The van der Waals surface area contributed by atoms with Crippen LogP contribution < -0.4 is 5.32 Å². The molecule has 0 spiro atoms. The predicted molar refractivity (Wildman–Crippen MR) is 94.0 cm³/mol. The first-order chi connectivity index (χ1) is 12.1. The molecule has 0 saturated carbocycles. The third-order valence-corrected chi connectivity index (χ3v) is 4.51. The standard InChI is InChI=1S/C19H19N5O/c1-12-20-11-14-8-9-15-17(23-24(2)18(15)16(14)22-12)19(25)21-10-13-6-4-3-5-7-13/h3-7,11H,8-10H2,1-2H3,(H,21,25). The molecule has 2 heterocycles. The van der Waals surface area contributed by atoms with Gasteiger partial charge in [0.2, 0.25) is 0 Å². The van der Waals surface area contributed by atoms with E-state index in [0.29, 0.717) is 12.2 Å². The fraction of sp³-hybridized carbons (Fsp3) is 0.263. The highest BCUT2D eigenvalue weighted by Crippen LogP contribution is 2.33. The summed E-state index contributed by atoms with van der Waals surface area (Å²) in [6.45, 7) is 2.36. The lowest BCUT2D eigenvalue weighted by molar-refractivity contribution is 0.0944. The molecule has 1 aromatic carbocycles. The molecule has 1 aliphatic carbocycles. The molecular weight excluding hydrogens is 314 g/mol. The van der Waals surface area contributed by atoms with Crippen molar-refractivity contribution in [1.29, 1.82) is 0 Å². The number of hydrogen-bond acceptors (Lipinski definition) is 4. The first-order valence-corrected chi connectivity index (χ1v) is 8.34. The molecular formula is C19H19N5O. The Morgan fingerprint density at radius 2 is 2.04 bits per heavy atom. The number of nitrogens with one attached hydrogen (secondary N) is 1. The van der Waals surface area contributed by atoms with E-state index in [2.05, 4.69) is 20.4 Å². The van der Waals surface area contributed by atoms with Gasteiger partial charge < -0.3 is 5.32 Å². The zero-order valence-electron chi connectivity index (χ0n) is 14.3. The van der Waals surface area contributed by atoms with E-state index in [1.165, 1.54) is 0 Å². The molecule has 1 amide bonds. The lowest BCUT2D eigenvalue weighted by Gasteiger charge is -2.16. The summed E-state index contributed by atoms with van der Waals surface area (Å²) in [7, 11) is 1.86. The number of carbonyl (C=O) groups excluding carboxylic acids is 1. The van der Waals surface area contributed by atoms with Crippen LogP contribution >= 0.6 is 0 Å². The van der Waals surface area contributed by atoms with E-state index in [9.17, 15) is 4.79 Å². The maximum atomic E-state index is 12.7. The molecule has 0 atom stereocenters. The number of carbonyl (C=O) groups is 1. The van der Waals surface area contributed by atoms with E-state index in [4.69, 9.17) is 0 Å². The molecule has 3 aromatic rings. The van der Waals surface area contributed by atoms with Gasteiger partial charge in [0.1, 0.15) is 5.82 Å². The summed E-state index contributed by atoms with van der Waals surface area (Å²) in [5, 5.41) is 7.44. The van der Waals surface area contributed by atoms with Crippen LogP contribution in [-0.4, -0.2) is 25.7 Å². The number of aryl methyl sites for hydroxylation is 3. The van der Waals surface area contributed by atoms with Gasteiger partial charge in [0, 0.05) is 25.4 Å². The summed E-state index contributed by atoms with van der Waals surface area (Å²) in [5.74, 6) is 0.581. The van der Waals surface area contributed by atoms with Gasteiger partial charge in [-0.1, -0.05) is 30.3 Å². The van der Waals surface area contributed by atoms with Gasteiger partial charge in [0.25, 0.3) is 5.91 Å². The molecule has 4 rings (SSSR count). The molecule has 6 heteroatoms. The van der Waals surface area contributed by atoms with Crippen molar-refractivity contribution in [1.82, 2.24) is 25.1 Å². The number of amides is 1. The van der Waals surface area contributed by atoms with Crippen LogP contribution in [0.3, 0.4) is 0 Å². The van der Waals surface area contributed by atoms with Crippen molar-refractivity contribution in [2.24, 2.45) is 7.05 Å². The Bertz CT molecular complexity index is 946. The maximum absolute atomic E-state index is 12.7. The van der Waals surface area contributed by atoms with Crippen LogP contribution in [0.4, 0.5) is 0 Å². The second kappa shape index (κ2) is 6.12. The van der Waals surface area contributed by atoms with E-state index in [-0.39, 0.29) is 5.91 Å². The van der Waals surface area contributed by atoms with E-state index < -0.39 is 0 Å². The van der Waals surface area contributed by atoms with Crippen LogP contribution in [-0.2, 0) is 26.4 Å². The molecule has 2 aromatic heterocycles. The zero-order chi connectivity index (χ0) is 17.4. The second-order valence-corrected chi connectivity index (χ2v) is 6.26. The Morgan fingerprint density at radius 3 is 2.84 bits per heavy atom. The Kier molecular flexibility index (Phi) is 3.80. The summed E-state index contributed by atoms with van der Waals surface area (Å²) < 4.78 is 1.76. The Labute approximate surface area is 145 Å². The summed E-state index contributed by atoms with van der Waals surface area (Å²) >= 11 is 0. The molecule has 1 N–H and O–H groups in total. The largest absolute Gasteiger partial charge is 0.347 e. The SMILES string of the molecule is Cc1ncc2c(n1)-c1c(c(C(=O)NCc3ccccc3)nn1C)CC2.